The second kappa shape index (κ2) is 9.30. The van der Waals surface area contributed by atoms with E-state index in [1.807, 2.05) is 0 Å². The molecule has 18 heavy (non-hydrogen) atoms. The molecule has 1 rings (SSSR count). The number of hydrogen-bond donors (Lipinski definition) is 2. The number of nitrogens with one attached hydrogen (secondary N) is 1. The Morgan fingerprint density at radius 3 is 3.00 bits per heavy atom. The molecule has 1 atom stereocenters. The molecule has 3 N–H and O–H groups in total. The van der Waals surface area contributed by atoms with Gasteiger partial charge in [0.2, 0.25) is 5.91 Å². The molecule has 1 amide bonds. The second-order valence-corrected chi connectivity index (χ2v) is 4.94. The van der Waals surface area contributed by atoms with E-state index in [1.54, 1.807) is 0 Å². The first kappa shape index (κ1) is 15.4. The third-order valence-electron chi connectivity index (χ3n) is 3.28. The van der Waals surface area contributed by atoms with Crippen molar-refractivity contribution in [2.45, 2.75) is 38.6 Å². The topological polar surface area (TPSA) is 67.6 Å². The van der Waals surface area contributed by atoms with Gasteiger partial charge < -0.3 is 20.7 Å². The van der Waals surface area contributed by atoms with Gasteiger partial charge in [-0.15, -0.1) is 0 Å². The first-order valence-corrected chi connectivity index (χ1v) is 7.04. The summed E-state index contributed by atoms with van der Waals surface area (Å²) in [7, 11) is 0. The summed E-state index contributed by atoms with van der Waals surface area (Å²) in [4.78, 5) is 13.0. The maximum absolute atomic E-state index is 10.5. The minimum atomic E-state index is -0.403. The summed E-state index contributed by atoms with van der Waals surface area (Å²) in [6.07, 6.45) is 4.94. The number of rotatable bonds is 8. The fraction of sp³-hybridized carbons (Fsp3) is 0.923. The van der Waals surface area contributed by atoms with Gasteiger partial charge in [-0.25, -0.2) is 0 Å². The van der Waals surface area contributed by atoms with Crippen LogP contribution >= 0.6 is 0 Å². The van der Waals surface area contributed by atoms with E-state index in [0.717, 1.165) is 6.54 Å². The van der Waals surface area contributed by atoms with Crippen molar-refractivity contribution >= 4 is 5.91 Å². The summed E-state index contributed by atoms with van der Waals surface area (Å²) in [6, 6.07) is 0.587. The Bertz CT molecular complexity index is 236. The van der Waals surface area contributed by atoms with Gasteiger partial charge in [0.05, 0.1) is 6.61 Å². The molecule has 0 saturated carbocycles. The molecular weight excluding hydrogens is 230 g/mol. The van der Waals surface area contributed by atoms with E-state index < -0.39 is 5.91 Å². The highest BCUT2D eigenvalue weighted by Crippen LogP contribution is 2.11. The smallest absolute Gasteiger partial charge is 0.243 e. The molecule has 1 aliphatic rings. The van der Waals surface area contributed by atoms with Gasteiger partial charge in [-0.3, -0.25) is 4.79 Å². The number of hydrogen-bond acceptors (Lipinski definition) is 4. The maximum Gasteiger partial charge on any atom is 0.243 e. The van der Waals surface area contributed by atoms with Crippen LogP contribution in [0, 0.1) is 0 Å². The van der Waals surface area contributed by atoms with Crippen LogP contribution in [0.3, 0.4) is 0 Å². The van der Waals surface area contributed by atoms with Crippen molar-refractivity contribution in [1.29, 1.82) is 0 Å². The number of carbonyl (C=O) groups is 1. The molecule has 106 valence electrons. The van der Waals surface area contributed by atoms with Crippen molar-refractivity contribution in [2.75, 3.05) is 39.4 Å². The fourth-order valence-electron chi connectivity index (χ4n) is 2.41. The SMILES string of the molecule is CCCN1CCCC(NCCOCC(N)=O)CC1. The van der Waals surface area contributed by atoms with Crippen molar-refractivity contribution in [2.24, 2.45) is 5.73 Å². The van der Waals surface area contributed by atoms with Gasteiger partial charge in [0, 0.05) is 12.6 Å². The number of amides is 1. The Kier molecular flexibility index (Phi) is 7.96. The summed E-state index contributed by atoms with van der Waals surface area (Å²) in [6.45, 7) is 7.24. The highest BCUT2D eigenvalue weighted by molar-refractivity contribution is 5.74. The Balaban J connectivity index is 2.06. The Morgan fingerprint density at radius 1 is 1.44 bits per heavy atom. The van der Waals surface area contributed by atoms with E-state index in [2.05, 4.69) is 17.1 Å². The van der Waals surface area contributed by atoms with Gasteiger partial charge in [-0.05, 0) is 45.3 Å². The molecule has 1 aliphatic heterocycles. The summed E-state index contributed by atoms with van der Waals surface area (Å²) in [5, 5.41) is 3.49. The van der Waals surface area contributed by atoms with Gasteiger partial charge in [-0.2, -0.15) is 0 Å². The van der Waals surface area contributed by atoms with E-state index in [9.17, 15) is 4.79 Å². The van der Waals surface area contributed by atoms with Crippen molar-refractivity contribution < 1.29 is 9.53 Å². The van der Waals surface area contributed by atoms with Gasteiger partial charge in [0.1, 0.15) is 6.61 Å². The van der Waals surface area contributed by atoms with Crippen LogP contribution in [0.25, 0.3) is 0 Å². The summed E-state index contributed by atoms with van der Waals surface area (Å²) in [5.74, 6) is -0.403. The second-order valence-electron chi connectivity index (χ2n) is 4.94. The highest BCUT2D eigenvalue weighted by atomic mass is 16.5. The van der Waals surface area contributed by atoms with Gasteiger partial charge in [0.15, 0.2) is 0 Å². The van der Waals surface area contributed by atoms with E-state index in [1.165, 1.54) is 45.3 Å². The summed E-state index contributed by atoms with van der Waals surface area (Å²) >= 11 is 0. The average molecular weight is 257 g/mol. The zero-order valence-electron chi connectivity index (χ0n) is 11.5. The van der Waals surface area contributed by atoms with E-state index in [0.29, 0.717) is 12.6 Å². The monoisotopic (exact) mass is 257 g/mol. The molecule has 5 nitrogen and oxygen atoms in total. The molecule has 0 aromatic carbocycles. The van der Waals surface area contributed by atoms with Crippen LogP contribution in [-0.4, -0.2) is 56.2 Å². The molecule has 1 unspecified atom stereocenters. The molecule has 5 heteroatoms. The van der Waals surface area contributed by atoms with E-state index in [4.69, 9.17) is 10.5 Å². The van der Waals surface area contributed by atoms with Crippen LogP contribution in [0.1, 0.15) is 32.6 Å². The molecule has 0 spiro atoms. The minimum Gasteiger partial charge on any atom is -0.370 e. The molecule has 1 saturated heterocycles. The predicted molar refractivity (Wildman–Crippen MR) is 72.4 cm³/mol. The first-order valence-electron chi connectivity index (χ1n) is 7.04. The van der Waals surface area contributed by atoms with Crippen molar-refractivity contribution in [3.8, 4) is 0 Å². The lowest BCUT2D eigenvalue weighted by molar-refractivity contribution is -0.122. The maximum atomic E-state index is 10.5. The van der Waals surface area contributed by atoms with Crippen LogP contribution < -0.4 is 11.1 Å². The molecule has 1 heterocycles. The fourth-order valence-corrected chi connectivity index (χ4v) is 2.41. The molecule has 1 fully saturated rings. The van der Waals surface area contributed by atoms with Crippen molar-refractivity contribution in [3.63, 3.8) is 0 Å². The Hall–Kier alpha value is -0.650. The summed E-state index contributed by atoms with van der Waals surface area (Å²) < 4.78 is 5.13. The number of ether oxygens (including phenoxy) is 1. The number of nitrogens with two attached hydrogens (primary N) is 1. The number of likely N-dealkylation sites (tertiary alicyclic amines) is 1. The largest absolute Gasteiger partial charge is 0.370 e. The molecule has 0 bridgehead atoms. The summed E-state index contributed by atoms with van der Waals surface area (Å²) in [5.41, 5.74) is 4.99. The third-order valence-corrected chi connectivity index (χ3v) is 3.28. The van der Waals surface area contributed by atoms with Gasteiger partial charge in [0.25, 0.3) is 0 Å². The quantitative estimate of drug-likeness (QED) is 0.615. The average Bonchev–Trinajstić information content (AvgIpc) is 2.55. The Labute approximate surface area is 110 Å². The van der Waals surface area contributed by atoms with Crippen molar-refractivity contribution in [3.05, 3.63) is 0 Å². The Morgan fingerprint density at radius 2 is 2.28 bits per heavy atom. The van der Waals surface area contributed by atoms with Crippen LogP contribution in [0.2, 0.25) is 0 Å². The molecule has 0 aliphatic carbocycles. The molecule has 0 aromatic rings. The van der Waals surface area contributed by atoms with Gasteiger partial charge >= 0.3 is 0 Å². The number of nitrogens with zero attached hydrogens (tertiary/aromatic N) is 1. The lowest BCUT2D eigenvalue weighted by Gasteiger charge is -2.19. The minimum absolute atomic E-state index is 0.0244. The normalized spacial score (nSPS) is 21.7. The predicted octanol–water partition coefficient (Wildman–Crippen LogP) is 0.342. The zero-order valence-corrected chi connectivity index (χ0v) is 11.5. The highest BCUT2D eigenvalue weighted by Gasteiger charge is 2.15. The molecular formula is C13H27N3O2. The van der Waals surface area contributed by atoms with E-state index >= 15 is 0 Å². The lowest BCUT2D eigenvalue weighted by atomic mass is 10.1. The zero-order chi connectivity index (χ0) is 13.2. The lowest BCUT2D eigenvalue weighted by Crippen LogP contribution is -2.34. The number of carbonyl (C=O) groups excluding carboxylic acids is 1. The van der Waals surface area contributed by atoms with Crippen LogP contribution in [-0.2, 0) is 9.53 Å². The van der Waals surface area contributed by atoms with Crippen LogP contribution in [0.15, 0.2) is 0 Å². The van der Waals surface area contributed by atoms with Crippen LogP contribution in [0.4, 0.5) is 0 Å². The van der Waals surface area contributed by atoms with E-state index in [-0.39, 0.29) is 6.61 Å². The van der Waals surface area contributed by atoms with Crippen molar-refractivity contribution in [1.82, 2.24) is 10.2 Å². The first-order chi connectivity index (χ1) is 8.72. The number of primary amides is 1. The third kappa shape index (κ3) is 6.93. The molecule has 0 radical (unpaired) electrons. The van der Waals surface area contributed by atoms with Crippen LogP contribution in [0.5, 0.6) is 0 Å². The van der Waals surface area contributed by atoms with Gasteiger partial charge in [-0.1, -0.05) is 6.92 Å². The molecule has 0 aromatic heterocycles. The standard InChI is InChI=1S/C13H27N3O2/c1-2-7-16-8-3-4-12(5-9-16)15-6-10-18-11-13(14)17/h12,15H,2-11H2,1H3,(H2,14,17).